The summed E-state index contributed by atoms with van der Waals surface area (Å²) in [6, 6.07) is -0.584. The van der Waals surface area contributed by atoms with E-state index in [-0.39, 0.29) is 19.6 Å². The van der Waals surface area contributed by atoms with Gasteiger partial charge >= 0.3 is 12.0 Å². The minimum Gasteiger partial charge on any atom is -0.479 e. The zero-order valence-corrected chi connectivity index (χ0v) is 9.47. The van der Waals surface area contributed by atoms with Crippen LogP contribution >= 0.6 is 0 Å². The molecule has 4 N–H and O–H groups in total. The highest BCUT2D eigenvalue weighted by molar-refractivity contribution is 5.86. The van der Waals surface area contributed by atoms with Crippen LogP contribution in [0, 0.1) is 0 Å². The van der Waals surface area contributed by atoms with Gasteiger partial charge in [0, 0.05) is 13.0 Å². The maximum absolute atomic E-state index is 11.6. The van der Waals surface area contributed by atoms with Crippen LogP contribution in [0.4, 0.5) is 4.79 Å². The molecule has 98 valence electrons. The van der Waals surface area contributed by atoms with E-state index in [1.807, 2.05) is 0 Å². The van der Waals surface area contributed by atoms with Crippen LogP contribution < -0.4 is 10.6 Å². The van der Waals surface area contributed by atoms with Crippen LogP contribution in [0.3, 0.4) is 0 Å². The molecule has 0 aromatic carbocycles. The molecule has 1 atom stereocenters. The van der Waals surface area contributed by atoms with Crippen molar-refractivity contribution >= 4 is 12.0 Å². The van der Waals surface area contributed by atoms with Gasteiger partial charge in [-0.05, 0) is 0 Å². The molecule has 1 aromatic rings. The first-order valence-electron chi connectivity index (χ1n) is 5.34. The summed E-state index contributed by atoms with van der Waals surface area (Å²) in [4.78, 5) is 26.6. The van der Waals surface area contributed by atoms with Crippen molar-refractivity contribution in [3.8, 4) is 0 Å². The molecule has 2 rings (SSSR count). The number of rotatable bonds is 4. The van der Waals surface area contributed by atoms with Gasteiger partial charge in [-0.25, -0.2) is 14.6 Å². The number of aromatic amines is 1. The Morgan fingerprint density at radius 1 is 1.61 bits per heavy atom. The number of ether oxygens (including phenoxy) is 1. The van der Waals surface area contributed by atoms with Crippen LogP contribution in [-0.2, 0) is 16.1 Å². The first kappa shape index (κ1) is 12.3. The first-order valence-corrected chi connectivity index (χ1v) is 5.34. The third kappa shape index (κ3) is 2.56. The third-order valence-corrected chi connectivity index (χ3v) is 2.67. The highest BCUT2D eigenvalue weighted by Crippen LogP contribution is 2.18. The van der Waals surface area contributed by atoms with E-state index in [0.29, 0.717) is 12.4 Å². The predicted octanol–water partition coefficient (Wildman–Crippen LogP) is -1.15. The second kappa shape index (κ2) is 5.00. The van der Waals surface area contributed by atoms with Crippen LogP contribution in [0.5, 0.6) is 0 Å². The molecule has 1 aromatic heterocycles. The molecule has 1 aliphatic heterocycles. The normalized spacial score (nSPS) is 22.7. The maximum atomic E-state index is 11.6. The van der Waals surface area contributed by atoms with Crippen molar-refractivity contribution in [1.82, 2.24) is 25.8 Å². The number of nitrogens with one attached hydrogen (secondary N) is 3. The van der Waals surface area contributed by atoms with Crippen LogP contribution in [0.2, 0.25) is 0 Å². The second-order valence-corrected chi connectivity index (χ2v) is 3.93. The Bertz CT molecular complexity index is 426. The van der Waals surface area contributed by atoms with Crippen molar-refractivity contribution in [2.24, 2.45) is 0 Å². The number of H-pyrrole nitrogens is 1. The van der Waals surface area contributed by atoms with Gasteiger partial charge < -0.3 is 20.5 Å². The lowest BCUT2D eigenvalue weighted by atomic mass is 9.99. The molecule has 1 fully saturated rings. The summed E-state index contributed by atoms with van der Waals surface area (Å²) in [7, 11) is 0. The standard InChI is InChI=1S/C9H13N5O4/c15-7(16)9(1-2-18-4-9)13-8(17)10-3-6-11-5-12-14-6/h5H,1-4H2,(H,15,16)(H2,10,13,17)(H,11,12,14). The monoisotopic (exact) mass is 255 g/mol. The summed E-state index contributed by atoms with van der Waals surface area (Å²) in [5, 5.41) is 20.2. The molecule has 0 radical (unpaired) electrons. The van der Waals surface area contributed by atoms with Gasteiger partial charge in [-0.1, -0.05) is 0 Å². The number of carboxylic acid groups (broad SMARTS) is 1. The largest absolute Gasteiger partial charge is 0.479 e. The Balaban J connectivity index is 1.88. The quantitative estimate of drug-likeness (QED) is 0.537. The van der Waals surface area contributed by atoms with E-state index in [2.05, 4.69) is 25.8 Å². The SMILES string of the molecule is O=C(NCc1ncn[nH]1)NC1(C(=O)O)CCOC1. The number of amides is 2. The third-order valence-electron chi connectivity index (χ3n) is 2.67. The molecule has 1 aliphatic rings. The van der Waals surface area contributed by atoms with Crippen molar-refractivity contribution < 1.29 is 19.4 Å². The van der Waals surface area contributed by atoms with Gasteiger partial charge in [-0.15, -0.1) is 0 Å². The number of carbonyl (C=O) groups is 2. The number of carboxylic acids is 1. The zero-order chi connectivity index (χ0) is 13.0. The molecule has 9 heteroatoms. The molecule has 0 spiro atoms. The number of hydrogen-bond acceptors (Lipinski definition) is 5. The van der Waals surface area contributed by atoms with Crippen LogP contribution in [0.25, 0.3) is 0 Å². The molecular weight excluding hydrogens is 242 g/mol. The lowest BCUT2D eigenvalue weighted by molar-refractivity contribution is -0.144. The van der Waals surface area contributed by atoms with Crippen LogP contribution in [-0.4, -0.2) is 51.0 Å². The van der Waals surface area contributed by atoms with E-state index < -0.39 is 17.5 Å². The molecule has 1 saturated heterocycles. The van der Waals surface area contributed by atoms with Gasteiger partial charge in [0.15, 0.2) is 5.54 Å². The smallest absolute Gasteiger partial charge is 0.332 e. The fraction of sp³-hybridized carbons (Fsp3) is 0.556. The van der Waals surface area contributed by atoms with E-state index in [9.17, 15) is 9.59 Å². The summed E-state index contributed by atoms with van der Waals surface area (Å²) in [5.74, 6) is -0.619. The lowest BCUT2D eigenvalue weighted by Gasteiger charge is -2.23. The fourth-order valence-corrected chi connectivity index (χ4v) is 1.63. The first-order chi connectivity index (χ1) is 8.62. The molecule has 2 amide bonds. The summed E-state index contributed by atoms with van der Waals surface area (Å²) in [6.45, 7) is 0.426. The van der Waals surface area contributed by atoms with Crippen molar-refractivity contribution in [2.45, 2.75) is 18.5 Å². The van der Waals surface area contributed by atoms with Gasteiger partial charge in [-0.2, -0.15) is 5.10 Å². The summed E-state index contributed by atoms with van der Waals surface area (Å²) in [5.41, 5.74) is -1.34. The van der Waals surface area contributed by atoms with E-state index >= 15 is 0 Å². The number of carbonyl (C=O) groups excluding carboxylic acids is 1. The van der Waals surface area contributed by atoms with E-state index in [1.54, 1.807) is 0 Å². The zero-order valence-electron chi connectivity index (χ0n) is 9.47. The van der Waals surface area contributed by atoms with Gasteiger partial charge in [0.2, 0.25) is 0 Å². The number of aromatic nitrogens is 3. The number of hydrogen-bond donors (Lipinski definition) is 4. The molecule has 0 saturated carbocycles. The lowest BCUT2D eigenvalue weighted by Crippen LogP contribution is -2.57. The van der Waals surface area contributed by atoms with Crippen molar-refractivity contribution in [3.05, 3.63) is 12.2 Å². The number of nitrogens with zero attached hydrogens (tertiary/aromatic N) is 2. The van der Waals surface area contributed by atoms with Crippen LogP contribution in [0.15, 0.2) is 6.33 Å². The Hall–Kier alpha value is -2.16. The second-order valence-electron chi connectivity index (χ2n) is 3.93. The summed E-state index contributed by atoms with van der Waals surface area (Å²) < 4.78 is 5.02. The summed E-state index contributed by atoms with van der Waals surface area (Å²) >= 11 is 0. The predicted molar refractivity (Wildman–Crippen MR) is 57.6 cm³/mol. The molecule has 9 nitrogen and oxygen atoms in total. The van der Waals surface area contributed by atoms with Gasteiger partial charge in [-0.3, -0.25) is 5.10 Å². The minimum absolute atomic E-state index is 0.0297. The van der Waals surface area contributed by atoms with Gasteiger partial charge in [0.1, 0.15) is 12.2 Å². The molecule has 0 bridgehead atoms. The highest BCUT2D eigenvalue weighted by atomic mass is 16.5. The molecular formula is C9H13N5O4. The average molecular weight is 255 g/mol. The molecule has 18 heavy (non-hydrogen) atoms. The average Bonchev–Trinajstić information content (AvgIpc) is 2.97. The minimum atomic E-state index is -1.34. The van der Waals surface area contributed by atoms with E-state index in [1.165, 1.54) is 6.33 Å². The van der Waals surface area contributed by atoms with Gasteiger partial charge in [0.25, 0.3) is 0 Å². The highest BCUT2D eigenvalue weighted by Gasteiger charge is 2.43. The number of urea groups is 1. The molecule has 0 aliphatic carbocycles. The van der Waals surface area contributed by atoms with Crippen LogP contribution in [0.1, 0.15) is 12.2 Å². The summed E-state index contributed by atoms with van der Waals surface area (Å²) in [6.07, 6.45) is 1.57. The Morgan fingerprint density at radius 2 is 2.44 bits per heavy atom. The topological polar surface area (TPSA) is 129 Å². The van der Waals surface area contributed by atoms with E-state index in [0.717, 1.165) is 0 Å². The maximum Gasteiger partial charge on any atom is 0.332 e. The number of aliphatic carboxylic acids is 1. The van der Waals surface area contributed by atoms with Crippen molar-refractivity contribution in [1.29, 1.82) is 0 Å². The molecule has 2 heterocycles. The van der Waals surface area contributed by atoms with Gasteiger partial charge in [0.05, 0.1) is 13.2 Å². The van der Waals surface area contributed by atoms with Crippen molar-refractivity contribution in [3.63, 3.8) is 0 Å². The Morgan fingerprint density at radius 3 is 3.00 bits per heavy atom. The van der Waals surface area contributed by atoms with Crippen molar-refractivity contribution in [2.75, 3.05) is 13.2 Å². The molecule has 1 unspecified atom stereocenters. The van der Waals surface area contributed by atoms with E-state index in [4.69, 9.17) is 9.84 Å². The Labute approximate surface area is 102 Å². The fourth-order valence-electron chi connectivity index (χ4n) is 1.63. The Kier molecular flexibility index (Phi) is 3.42.